The van der Waals surface area contributed by atoms with Gasteiger partial charge in [0.05, 0.1) is 23.0 Å². The Bertz CT molecular complexity index is 1040. The highest BCUT2D eigenvalue weighted by Crippen LogP contribution is 2.25. The average molecular weight is 666 g/mol. The Balaban J connectivity index is 0.000000537. The third kappa shape index (κ3) is 21.2. The molecule has 3 rings (SSSR count). The van der Waals surface area contributed by atoms with Gasteiger partial charge in [-0.15, -0.1) is 0 Å². The van der Waals surface area contributed by atoms with Gasteiger partial charge in [0.25, 0.3) is 0 Å². The number of benzene rings is 1. The van der Waals surface area contributed by atoms with Crippen molar-refractivity contribution < 1.29 is 27.0 Å². The summed E-state index contributed by atoms with van der Waals surface area (Å²) in [5.41, 5.74) is 3.13. The Morgan fingerprint density at radius 3 is 2.00 bits per heavy atom. The summed E-state index contributed by atoms with van der Waals surface area (Å²) < 4.78 is 45.4. The van der Waals surface area contributed by atoms with Crippen molar-refractivity contribution in [2.24, 2.45) is 5.92 Å². The first-order valence-electron chi connectivity index (χ1n) is 18.0. The standard InChI is InChI=1S/C30H56NO2S.C7H8O3S/c1-2-3-4-5-6-7-8-9-10-11-14-17-20-29-25-30(33-26-29)27-32-23-19-16-13-12-15-18-21-31-22-24-34-28-31;1-6-2-4-7(5-3-6)11(8,9)10/h22,24,28-30H,2-21,23,25-27H2,1H3;2-5H,1H3,(H,8,9,10)/q+1;/p-1. The molecule has 0 spiro atoms. The second kappa shape index (κ2) is 25.7. The molecule has 1 aromatic heterocycles. The topological polar surface area (TPSA) is 79.5 Å². The Morgan fingerprint density at radius 2 is 1.42 bits per heavy atom. The lowest BCUT2D eigenvalue weighted by Crippen LogP contribution is -2.29. The van der Waals surface area contributed by atoms with Gasteiger partial charge in [0.15, 0.2) is 6.20 Å². The van der Waals surface area contributed by atoms with E-state index in [2.05, 4.69) is 28.6 Å². The van der Waals surface area contributed by atoms with Crippen molar-refractivity contribution in [3.05, 3.63) is 46.9 Å². The maximum Gasteiger partial charge on any atom is 0.224 e. The molecule has 0 amide bonds. The van der Waals surface area contributed by atoms with Crippen molar-refractivity contribution in [2.75, 3.05) is 19.8 Å². The minimum absolute atomic E-state index is 0.178. The first-order valence-corrected chi connectivity index (χ1v) is 20.4. The second-order valence-corrected chi connectivity index (χ2v) is 15.1. The van der Waals surface area contributed by atoms with Crippen molar-refractivity contribution in [2.45, 2.75) is 160 Å². The Labute approximate surface area is 280 Å². The molecule has 6 nitrogen and oxygen atoms in total. The molecule has 1 fully saturated rings. The van der Waals surface area contributed by atoms with Crippen LogP contribution in [0.4, 0.5) is 0 Å². The van der Waals surface area contributed by atoms with Crippen LogP contribution in [-0.2, 0) is 26.1 Å². The predicted molar refractivity (Wildman–Crippen MR) is 186 cm³/mol. The van der Waals surface area contributed by atoms with E-state index in [1.807, 2.05) is 6.92 Å². The monoisotopic (exact) mass is 665 g/mol. The highest BCUT2D eigenvalue weighted by Gasteiger charge is 2.25. The lowest BCUT2D eigenvalue weighted by Gasteiger charge is -2.10. The van der Waals surface area contributed by atoms with E-state index in [0.29, 0.717) is 6.10 Å². The summed E-state index contributed by atoms with van der Waals surface area (Å²) in [5, 5.41) is 2.15. The largest absolute Gasteiger partial charge is 0.744 e. The van der Waals surface area contributed by atoms with E-state index in [0.717, 1.165) is 31.3 Å². The lowest BCUT2D eigenvalue weighted by molar-refractivity contribution is -0.692. The number of unbranched alkanes of at least 4 members (excludes halogenated alkanes) is 16. The van der Waals surface area contributed by atoms with Gasteiger partial charge in [-0.25, -0.2) is 8.42 Å². The fourth-order valence-electron chi connectivity index (χ4n) is 5.89. The number of hydrogen-bond donors (Lipinski definition) is 0. The molecule has 8 heteroatoms. The Hall–Kier alpha value is -1.32. The molecule has 2 atom stereocenters. The summed E-state index contributed by atoms with van der Waals surface area (Å²) in [6.45, 7) is 7.98. The molecule has 0 N–H and O–H groups in total. The highest BCUT2D eigenvalue weighted by atomic mass is 32.2. The van der Waals surface area contributed by atoms with E-state index in [1.54, 1.807) is 23.5 Å². The lowest BCUT2D eigenvalue weighted by atomic mass is 9.97. The Morgan fingerprint density at radius 1 is 0.844 bits per heavy atom. The third-order valence-electron chi connectivity index (χ3n) is 8.73. The first-order chi connectivity index (χ1) is 21.9. The molecule has 0 bridgehead atoms. The first kappa shape index (κ1) is 39.9. The number of rotatable bonds is 25. The van der Waals surface area contributed by atoms with Gasteiger partial charge < -0.3 is 14.0 Å². The molecule has 2 heterocycles. The zero-order chi connectivity index (χ0) is 32.4. The summed E-state index contributed by atoms with van der Waals surface area (Å²) in [4.78, 5) is -0.178. The summed E-state index contributed by atoms with van der Waals surface area (Å²) in [6.07, 6.45) is 30.2. The van der Waals surface area contributed by atoms with Gasteiger partial charge in [-0.2, -0.15) is 4.57 Å². The number of ether oxygens (including phenoxy) is 2. The molecule has 1 aliphatic heterocycles. The van der Waals surface area contributed by atoms with Crippen LogP contribution in [0.5, 0.6) is 0 Å². The fraction of sp³-hybridized carbons (Fsp3) is 0.757. The minimum Gasteiger partial charge on any atom is -0.744 e. The van der Waals surface area contributed by atoms with Crippen molar-refractivity contribution in [1.82, 2.24) is 0 Å². The number of aryl methyl sites for hydroxylation is 2. The second-order valence-electron chi connectivity index (χ2n) is 13.0. The molecule has 2 unspecified atom stereocenters. The summed E-state index contributed by atoms with van der Waals surface area (Å²) in [7, 11) is -4.27. The third-order valence-corrected chi connectivity index (χ3v) is 10.2. The van der Waals surface area contributed by atoms with E-state index >= 15 is 0 Å². The van der Waals surface area contributed by atoms with E-state index in [4.69, 9.17) is 9.47 Å². The summed E-state index contributed by atoms with van der Waals surface area (Å²) in [6, 6.07) is 5.78. The molecule has 2 aromatic rings. The van der Waals surface area contributed by atoms with E-state index in [-0.39, 0.29) is 4.90 Å². The van der Waals surface area contributed by atoms with Crippen LogP contribution in [0, 0.1) is 12.8 Å². The van der Waals surface area contributed by atoms with Gasteiger partial charge in [-0.3, -0.25) is 0 Å². The van der Waals surface area contributed by atoms with Gasteiger partial charge >= 0.3 is 0 Å². The van der Waals surface area contributed by atoms with Crippen molar-refractivity contribution >= 4 is 21.5 Å². The maximum absolute atomic E-state index is 10.4. The quantitative estimate of drug-likeness (QED) is 0.0599. The van der Waals surface area contributed by atoms with E-state index in [9.17, 15) is 13.0 Å². The van der Waals surface area contributed by atoms with Crippen molar-refractivity contribution in [1.29, 1.82) is 0 Å². The minimum atomic E-state index is -4.27. The van der Waals surface area contributed by atoms with Crippen LogP contribution in [0.25, 0.3) is 0 Å². The smallest absolute Gasteiger partial charge is 0.224 e. The van der Waals surface area contributed by atoms with Crippen LogP contribution in [0.2, 0.25) is 0 Å². The predicted octanol–water partition coefficient (Wildman–Crippen LogP) is 9.79. The molecule has 258 valence electrons. The van der Waals surface area contributed by atoms with Gasteiger partial charge in [-0.05, 0) is 50.7 Å². The normalized spacial score (nSPS) is 16.5. The van der Waals surface area contributed by atoms with Gasteiger partial charge in [0.2, 0.25) is 5.51 Å². The molecular formula is C37H63NO5S2. The van der Waals surface area contributed by atoms with Crippen LogP contribution in [0.15, 0.2) is 46.2 Å². The molecule has 45 heavy (non-hydrogen) atoms. The van der Waals surface area contributed by atoms with Gasteiger partial charge in [-0.1, -0.05) is 132 Å². The van der Waals surface area contributed by atoms with Crippen LogP contribution in [-0.4, -0.2) is 38.9 Å². The molecule has 0 aliphatic carbocycles. The molecule has 0 radical (unpaired) electrons. The molecule has 1 saturated heterocycles. The zero-order valence-corrected chi connectivity index (χ0v) is 30.1. The fourth-order valence-corrected chi connectivity index (χ4v) is 6.98. The van der Waals surface area contributed by atoms with Crippen LogP contribution in [0.1, 0.15) is 141 Å². The van der Waals surface area contributed by atoms with Gasteiger partial charge in [0.1, 0.15) is 16.7 Å². The Kier molecular flexibility index (Phi) is 22.8. The molecule has 1 aliphatic rings. The molecule has 0 saturated carbocycles. The number of aromatic nitrogens is 1. The highest BCUT2D eigenvalue weighted by molar-refractivity contribution is 7.85. The van der Waals surface area contributed by atoms with Crippen LogP contribution < -0.4 is 4.57 Å². The maximum atomic E-state index is 10.4. The number of hydrogen-bond acceptors (Lipinski definition) is 6. The summed E-state index contributed by atoms with van der Waals surface area (Å²) >= 11 is 1.78. The summed E-state index contributed by atoms with van der Waals surface area (Å²) in [5.74, 6) is 0.781. The van der Waals surface area contributed by atoms with Crippen LogP contribution in [0.3, 0.4) is 0 Å². The SMILES string of the molecule is CCCCCCCCCCCCCCC1COC(COCCCCCCCC[n+]2ccsc2)C1.Cc1ccc(S(=O)(=O)[O-])cc1. The average Bonchev–Trinajstić information content (AvgIpc) is 3.71. The van der Waals surface area contributed by atoms with Crippen LogP contribution >= 0.6 is 11.3 Å². The van der Waals surface area contributed by atoms with Crippen molar-refractivity contribution in [3.63, 3.8) is 0 Å². The van der Waals surface area contributed by atoms with Gasteiger partial charge in [0, 0.05) is 19.6 Å². The van der Waals surface area contributed by atoms with E-state index < -0.39 is 10.1 Å². The molecule has 1 aromatic carbocycles. The van der Waals surface area contributed by atoms with E-state index in [1.165, 1.54) is 147 Å². The zero-order valence-electron chi connectivity index (χ0n) is 28.5. The number of nitrogens with zero attached hydrogens (tertiary/aromatic N) is 1. The molecular weight excluding hydrogens is 603 g/mol. The van der Waals surface area contributed by atoms with Crippen molar-refractivity contribution in [3.8, 4) is 0 Å². The number of thiazole rings is 1.